The van der Waals surface area contributed by atoms with Crippen LogP contribution in [-0.2, 0) is 4.79 Å². The Morgan fingerprint density at radius 3 is 2.59 bits per heavy atom. The zero-order valence-electron chi connectivity index (χ0n) is 16.2. The Morgan fingerprint density at radius 1 is 1.10 bits per heavy atom. The van der Waals surface area contributed by atoms with Crippen molar-refractivity contribution in [3.63, 3.8) is 0 Å². The Bertz CT molecular complexity index is 1020. The maximum Gasteiger partial charge on any atom is 0.262 e. The average molecular weight is 409 g/mol. The SMILES string of the molecule is COc1ccc(N=Cc2ccc(OCC(=O)Nc3cccc(C)c3)c(Cl)c2)cc1. The summed E-state index contributed by atoms with van der Waals surface area (Å²) < 4.78 is 10.7. The van der Waals surface area contributed by atoms with Gasteiger partial charge in [-0.25, -0.2) is 0 Å². The summed E-state index contributed by atoms with van der Waals surface area (Å²) in [5.41, 5.74) is 3.42. The lowest BCUT2D eigenvalue weighted by atomic mass is 10.2. The number of aliphatic imine (C=N–C) groups is 1. The van der Waals surface area contributed by atoms with Crippen LogP contribution in [-0.4, -0.2) is 25.8 Å². The van der Waals surface area contributed by atoms with Crippen LogP contribution in [0.4, 0.5) is 11.4 Å². The molecule has 0 saturated heterocycles. The van der Waals surface area contributed by atoms with E-state index >= 15 is 0 Å². The van der Waals surface area contributed by atoms with E-state index in [1.165, 1.54) is 0 Å². The highest BCUT2D eigenvalue weighted by Gasteiger charge is 2.07. The summed E-state index contributed by atoms with van der Waals surface area (Å²) in [5, 5.41) is 3.20. The van der Waals surface area contributed by atoms with Crippen LogP contribution in [0.5, 0.6) is 11.5 Å². The molecule has 0 aromatic heterocycles. The first-order valence-corrected chi connectivity index (χ1v) is 9.38. The molecule has 0 spiro atoms. The number of rotatable bonds is 7. The van der Waals surface area contributed by atoms with E-state index in [0.717, 1.165) is 28.3 Å². The van der Waals surface area contributed by atoms with Gasteiger partial charge in [-0.15, -0.1) is 0 Å². The third-order valence-corrected chi connectivity index (χ3v) is 4.35. The van der Waals surface area contributed by atoms with Gasteiger partial charge in [-0.1, -0.05) is 23.7 Å². The van der Waals surface area contributed by atoms with Gasteiger partial charge in [0.05, 0.1) is 17.8 Å². The summed E-state index contributed by atoms with van der Waals surface area (Å²) in [6.45, 7) is 1.83. The number of anilines is 1. The maximum absolute atomic E-state index is 12.1. The van der Waals surface area contributed by atoms with Gasteiger partial charge in [0.2, 0.25) is 0 Å². The van der Waals surface area contributed by atoms with E-state index in [9.17, 15) is 4.79 Å². The molecule has 148 valence electrons. The number of hydrogen-bond acceptors (Lipinski definition) is 4. The molecule has 6 heteroatoms. The van der Waals surface area contributed by atoms with Gasteiger partial charge in [0.15, 0.2) is 6.61 Å². The molecular weight excluding hydrogens is 388 g/mol. The van der Waals surface area contributed by atoms with Crippen LogP contribution in [0.3, 0.4) is 0 Å². The number of carbonyl (C=O) groups is 1. The van der Waals surface area contributed by atoms with Crippen molar-refractivity contribution in [1.29, 1.82) is 0 Å². The van der Waals surface area contributed by atoms with Gasteiger partial charge in [-0.2, -0.15) is 0 Å². The topological polar surface area (TPSA) is 59.9 Å². The number of halogens is 1. The third-order valence-electron chi connectivity index (χ3n) is 4.05. The molecule has 0 bridgehead atoms. The van der Waals surface area contributed by atoms with Crippen molar-refractivity contribution < 1.29 is 14.3 Å². The van der Waals surface area contributed by atoms with Gasteiger partial charge in [0.25, 0.3) is 5.91 Å². The molecule has 0 aliphatic carbocycles. The molecule has 0 fully saturated rings. The van der Waals surface area contributed by atoms with Gasteiger partial charge in [0, 0.05) is 11.9 Å². The second kappa shape index (κ2) is 9.75. The van der Waals surface area contributed by atoms with E-state index in [1.807, 2.05) is 61.5 Å². The van der Waals surface area contributed by atoms with Crippen LogP contribution >= 0.6 is 11.6 Å². The molecule has 0 atom stereocenters. The molecule has 3 rings (SSSR count). The Kier molecular flexibility index (Phi) is 6.87. The van der Waals surface area contributed by atoms with Crippen LogP contribution in [0, 0.1) is 6.92 Å². The van der Waals surface area contributed by atoms with Gasteiger partial charge < -0.3 is 14.8 Å². The smallest absolute Gasteiger partial charge is 0.262 e. The first-order valence-electron chi connectivity index (χ1n) is 9.00. The molecule has 0 saturated carbocycles. The molecular formula is C23H21ClN2O3. The number of aryl methyl sites for hydroxylation is 1. The maximum atomic E-state index is 12.1. The van der Waals surface area contributed by atoms with Crippen molar-refractivity contribution >= 4 is 35.1 Å². The fourth-order valence-corrected chi connectivity index (χ4v) is 2.84. The number of nitrogens with one attached hydrogen (secondary N) is 1. The number of ether oxygens (including phenoxy) is 2. The molecule has 1 N–H and O–H groups in total. The van der Waals surface area contributed by atoms with Crippen molar-refractivity contribution in [3.8, 4) is 11.5 Å². The Morgan fingerprint density at radius 2 is 1.90 bits per heavy atom. The van der Waals surface area contributed by atoms with Crippen LogP contribution in [0.2, 0.25) is 5.02 Å². The molecule has 0 aliphatic heterocycles. The minimum atomic E-state index is -0.253. The zero-order valence-corrected chi connectivity index (χ0v) is 16.9. The minimum absolute atomic E-state index is 0.132. The number of hydrogen-bond donors (Lipinski definition) is 1. The lowest BCUT2D eigenvalue weighted by Gasteiger charge is -2.09. The highest BCUT2D eigenvalue weighted by molar-refractivity contribution is 6.32. The van der Waals surface area contributed by atoms with Gasteiger partial charge in [0.1, 0.15) is 11.5 Å². The van der Waals surface area contributed by atoms with Crippen molar-refractivity contribution in [3.05, 3.63) is 82.9 Å². The van der Waals surface area contributed by atoms with Crippen LogP contribution < -0.4 is 14.8 Å². The van der Waals surface area contributed by atoms with E-state index in [-0.39, 0.29) is 12.5 Å². The Hall–Kier alpha value is -3.31. The van der Waals surface area contributed by atoms with Gasteiger partial charge in [-0.05, 0) is 72.6 Å². The molecule has 29 heavy (non-hydrogen) atoms. The number of benzene rings is 3. The molecule has 1 amide bonds. The third kappa shape index (κ3) is 6.09. The minimum Gasteiger partial charge on any atom is -0.497 e. The molecule has 0 unspecified atom stereocenters. The molecule has 0 heterocycles. The number of amides is 1. The average Bonchev–Trinajstić information content (AvgIpc) is 2.72. The van der Waals surface area contributed by atoms with Crippen molar-refractivity contribution in [2.24, 2.45) is 4.99 Å². The molecule has 3 aromatic carbocycles. The van der Waals surface area contributed by atoms with Crippen molar-refractivity contribution in [2.45, 2.75) is 6.92 Å². The first kappa shape index (κ1) is 20.4. The Balaban J connectivity index is 1.57. The summed E-state index contributed by atoms with van der Waals surface area (Å²) in [7, 11) is 1.62. The monoisotopic (exact) mass is 408 g/mol. The summed E-state index contributed by atoms with van der Waals surface area (Å²) in [6.07, 6.45) is 1.71. The van der Waals surface area contributed by atoms with Crippen molar-refractivity contribution in [1.82, 2.24) is 0 Å². The lowest BCUT2D eigenvalue weighted by Crippen LogP contribution is -2.20. The largest absolute Gasteiger partial charge is 0.497 e. The predicted molar refractivity (Wildman–Crippen MR) is 117 cm³/mol. The fourth-order valence-electron chi connectivity index (χ4n) is 2.59. The molecule has 5 nitrogen and oxygen atoms in total. The van der Waals surface area contributed by atoms with Gasteiger partial charge >= 0.3 is 0 Å². The second-order valence-electron chi connectivity index (χ2n) is 6.35. The summed E-state index contributed by atoms with van der Waals surface area (Å²) in [5.74, 6) is 0.962. The highest BCUT2D eigenvalue weighted by atomic mass is 35.5. The number of nitrogens with zero attached hydrogens (tertiary/aromatic N) is 1. The van der Waals surface area contributed by atoms with E-state index in [2.05, 4.69) is 10.3 Å². The van der Waals surface area contributed by atoms with E-state index in [0.29, 0.717) is 10.8 Å². The van der Waals surface area contributed by atoms with Gasteiger partial charge in [-0.3, -0.25) is 9.79 Å². The quantitative estimate of drug-likeness (QED) is 0.530. The standard InChI is InChI=1S/C23H21ClN2O3/c1-16-4-3-5-19(12-16)26-23(27)15-29-22-11-6-17(13-21(22)24)14-25-18-7-9-20(28-2)10-8-18/h3-14H,15H2,1-2H3,(H,26,27). The predicted octanol–water partition coefficient (Wildman–Crippen LogP) is 5.43. The Labute approximate surface area is 175 Å². The second-order valence-corrected chi connectivity index (χ2v) is 6.76. The number of carbonyl (C=O) groups excluding carboxylic acids is 1. The van der Waals surface area contributed by atoms with Crippen LogP contribution in [0.15, 0.2) is 71.7 Å². The van der Waals surface area contributed by atoms with Crippen molar-refractivity contribution in [2.75, 3.05) is 19.0 Å². The first-order chi connectivity index (χ1) is 14.0. The zero-order chi connectivity index (χ0) is 20.6. The highest BCUT2D eigenvalue weighted by Crippen LogP contribution is 2.25. The normalized spacial score (nSPS) is 10.7. The summed E-state index contributed by atoms with van der Waals surface area (Å²) >= 11 is 6.28. The summed E-state index contributed by atoms with van der Waals surface area (Å²) in [6, 6.07) is 20.3. The molecule has 0 aliphatic rings. The summed E-state index contributed by atoms with van der Waals surface area (Å²) in [4.78, 5) is 16.5. The molecule has 0 radical (unpaired) electrons. The van der Waals surface area contributed by atoms with Crippen LogP contribution in [0.25, 0.3) is 0 Å². The van der Waals surface area contributed by atoms with E-state index in [1.54, 1.807) is 25.5 Å². The number of methoxy groups -OCH3 is 1. The van der Waals surface area contributed by atoms with E-state index < -0.39 is 0 Å². The van der Waals surface area contributed by atoms with Crippen LogP contribution in [0.1, 0.15) is 11.1 Å². The molecule has 3 aromatic rings. The fraction of sp³-hybridized carbons (Fsp3) is 0.130. The lowest BCUT2D eigenvalue weighted by molar-refractivity contribution is -0.118. The van der Waals surface area contributed by atoms with E-state index in [4.69, 9.17) is 21.1 Å².